The summed E-state index contributed by atoms with van der Waals surface area (Å²) in [4.78, 5) is 2.55. The van der Waals surface area contributed by atoms with E-state index in [1.807, 2.05) is 19.1 Å². The van der Waals surface area contributed by atoms with E-state index >= 15 is 0 Å². The summed E-state index contributed by atoms with van der Waals surface area (Å²) in [6.45, 7) is 9.50. The van der Waals surface area contributed by atoms with E-state index in [0.29, 0.717) is 12.6 Å². The van der Waals surface area contributed by atoms with Crippen molar-refractivity contribution in [3.63, 3.8) is 0 Å². The Morgan fingerprint density at radius 1 is 1.37 bits per heavy atom. The maximum absolute atomic E-state index is 5.92. The summed E-state index contributed by atoms with van der Waals surface area (Å²) in [7, 11) is 0. The third kappa shape index (κ3) is 3.41. The van der Waals surface area contributed by atoms with Gasteiger partial charge in [-0.05, 0) is 57.4 Å². The molecule has 2 N–H and O–H groups in total. The topological polar surface area (TPSA) is 38.5 Å². The average Bonchev–Trinajstić information content (AvgIpc) is 2.38. The Kier molecular flexibility index (Phi) is 4.70. The Balaban J connectivity index is 2.15. The lowest BCUT2D eigenvalue weighted by Gasteiger charge is -2.38. The van der Waals surface area contributed by atoms with Gasteiger partial charge in [-0.25, -0.2) is 0 Å². The quantitative estimate of drug-likeness (QED) is 0.846. The number of anilines is 1. The van der Waals surface area contributed by atoms with Gasteiger partial charge in [-0.2, -0.15) is 0 Å². The fourth-order valence-corrected chi connectivity index (χ4v) is 2.88. The van der Waals surface area contributed by atoms with Crippen LogP contribution in [0.25, 0.3) is 0 Å². The van der Waals surface area contributed by atoms with Crippen molar-refractivity contribution in [3.05, 3.63) is 23.8 Å². The summed E-state index contributed by atoms with van der Waals surface area (Å²) in [6, 6.07) is 6.59. The molecule has 0 aliphatic carbocycles. The standard InChI is InChI=1S/C16H26N2O/c1-4-19-16-8-7-15(17)10-14(16)11-18-9-5-6-12(2)13(18)3/h7-8,10,12-13H,4-6,9,11,17H2,1-3H3. The van der Waals surface area contributed by atoms with Crippen molar-refractivity contribution in [1.82, 2.24) is 4.90 Å². The van der Waals surface area contributed by atoms with E-state index in [-0.39, 0.29) is 0 Å². The number of hydrogen-bond donors (Lipinski definition) is 1. The second kappa shape index (κ2) is 6.29. The molecule has 2 rings (SSSR count). The normalized spacial score (nSPS) is 24.4. The highest BCUT2D eigenvalue weighted by Gasteiger charge is 2.25. The smallest absolute Gasteiger partial charge is 0.123 e. The first-order chi connectivity index (χ1) is 9.11. The molecule has 1 aromatic rings. The van der Waals surface area contributed by atoms with Crippen LogP contribution in [-0.2, 0) is 6.54 Å². The molecule has 106 valence electrons. The second-order valence-electron chi connectivity index (χ2n) is 5.63. The Bertz CT molecular complexity index is 419. The molecule has 1 saturated heterocycles. The molecule has 1 fully saturated rings. The van der Waals surface area contributed by atoms with Gasteiger partial charge in [0.1, 0.15) is 5.75 Å². The van der Waals surface area contributed by atoms with Crippen LogP contribution in [-0.4, -0.2) is 24.1 Å². The molecular weight excluding hydrogens is 236 g/mol. The zero-order valence-corrected chi connectivity index (χ0v) is 12.4. The SMILES string of the molecule is CCOc1ccc(N)cc1CN1CCCC(C)C1C. The lowest BCUT2D eigenvalue weighted by atomic mass is 9.91. The molecule has 3 nitrogen and oxygen atoms in total. The number of benzene rings is 1. The zero-order chi connectivity index (χ0) is 13.8. The molecule has 3 heteroatoms. The Hall–Kier alpha value is -1.22. The third-order valence-electron chi connectivity index (χ3n) is 4.26. The first-order valence-electron chi connectivity index (χ1n) is 7.37. The van der Waals surface area contributed by atoms with Crippen LogP contribution in [0, 0.1) is 5.92 Å². The van der Waals surface area contributed by atoms with Gasteiger partial charge in [0.15, 0.2) is 0 Å². The monoisotopic (exact) mass is 262 g/mol. The Labute approximate surface area is 116 Å². The molecular formula is C16H26N2O. The van der Waals surface area contributed by atoms with Crippen molar-refractivity contribution in [2.45, 2.75) is 46.2 Å². The summed E-state index contributed by atoms with van der Waals surface area (Å²) in [6.07, 6.45) is 2.63. The van der Waals surface area contributed by atoms with Crippen molar-refractivity contribution in [2.75, 3.05) is 18.9 Å². The fraction of sp³-hybridized carbons (Fsp3) is 0.625. The number of nitrogens with zero attached hydrogens (tertiary/aromatic N) is 1. The molecule has 1 aliphatic rings. The van der Waals surface area contributed by atoms with Crippen LogP contribution in [0.2, 0.25) is 0 Å². The summed E-state index contributed by atoms with van der Waals surface area (Å²) in [5, 5.41) is 0. The first-order valence-corrected chi connectivity index (χ1v) is 7.37. The Morgan fingerprint density at radius 3 is 2.89 bits per heavy atom. The lowest BCUT2D eigenvalue weighted by Crippen LogP contribution is -2.41. The second-order valence-corrected chi connectivity index (χ2v) is 5.63. The molecule has 1 aliphatic heterocycles. The highest BCUT2D eigenvalue weighted by molar-refractivity contribution is 5.47. The van der Waals surface area contributed by atoms with E-state index in [9.17, 15) is 0 Å². The summed E-state index contributed by atoms with van der Waals surface area (Å²) in [5.74, 6) is 1.74. The fourth-order valence-electron chi connectivity index (χ4n) is 2.88. The average molecular weight is 262 g/mol. The van der Waals surface area contributed by atoms with E-state index in [0.717, 1.165) is 23.9 Å². The van der Waals surface area contributed by atoms with Crippen molar-refractivity contribution in [2.24, 2.45) is 5.92 Å². The van der Waals surface area contributed by atoms with Crippen LogP contribution < -0.4 is 10.5 Å². The molecule has 2 unspecified atom stereocenters. The molecule has 2 atom stereocenters. The van der Waals surface area contributed by atoms with E-state index < -0.39 is 0 Å². The molecule has 0 amide bonds. The van der Waals surface area contributed by atoms with Gasteiger partial charge in [0, 0.05) is 23.8 Å². The van der Waals surface area contributed by atoms with Gasteiger partial charge in [0.25, 0.3) is 0 Å². The molecule has 1 heterocycles. The molecule has 0 aromatic heterocycles. The summed E-state index contributed by atoms with van der Waals surface area (Å²) in [5.41, 5.74) is 7.94. The molecule has 19 heavy (non-hydrogen) atoms. The van der Waals surface area contributed by atoms with Gasteiger partial charge in [-0.3, -0.25) is 4.90 Å². The van der Waals surface area contributed by atoms with Crippen LogP contribution in [0.5, 0.6) is 5.75 Å². The van der Waals surface area contributed by atoms with E-state index in [1.54, 1.807) is 0 Å². The number of hydrogen-bond acceptors (Lipinski definition) is 3. The predicted octanol–water partition coefficient (Wildman–Crippen LogP) is 3.29. The maximum atomic E-state index is 5.92. The molecule has 0 saturated carbocycles. The predicted molar refractivity (Wildman–Crippen MR) is 80.3 cm³/mol. The molecule has 1 aromatic carbocycles. The van der Waals surface area contributed by atoms with Gasteiger partial charge in [-0.15, -0.1) is 0 Å². The van der Waals surface area contributed by atoms with Gasteiger partial charge in [-0.1, -0.05) is 6.92 Å². The van der Waals surface area contributed by atoms with Crippen molar-refractivity contribution >= 4 is 5.69 Å². The number of nitrogens with two attached hydrogens (primary N) is 1. The zero-order valence-electron chi connectivity index (χ0n) is 12.4. The minimum Gasteiger partial charge on any atom is -0.494 e. The van der Waals surface area contributed by atoms with Crippen LogP contribution in [0.4, 0.5) is 5.69 Å². The number of ether oxygens (including phenoxy) is 1. The largest absolute Gasteiger partial charge is 0.494 e. The van der Waals surface area contributed by atoms with Crippen LogP contribution >= 0.6 is 0 Å². The van der Waals surface area contributed by atoms with E-state index in [2.05, 4.69) is 24.8 Å². The molecule has 0 radical (unpaired) electrons. The number of nitrogen functional groups attached to an aromatic ring is 1. The number of rotatable bonds is 4. The number of likely N-dealkylation sites (tertiary alicyclic amines) is 1. The minimum atomic E-state index is 0.629. The molecule has 0 bridgehead atoms. The Morgan fingerprint density at radius 2 is 2.16 bits per heavy atom. The van der Waals surface area contributed by atoms with E-state index in [1.165, 1.54) is 24.9 Å². The van der Waals surface area contributed by atoms with Crippen molar-refractivity contribution < 1.29 is 4.74 Å². The molecule has 0 spiro atoms. The van der Waals surface area contributed by atoms with Crippen LogP contribution in [0.3, 0.4) is 0 Å². The highest BCUT2D eigenvalue weighted by Crippen LogP contribution is 2.28. The highest BCUT2D eigenvalue weighted by atomic mass is 16.5. The minimum absolute atomic E-state index is 0.629. The van der Waals surface area contributed by atoms with Crippen LogP contribution in [0.1, 0.15) is 39.2 Å². The van der Waals surface area contributed by atoms with E-state index in [4.69, 9.17) is 10.5 Å². The summed E-state index contributed by atoms with van der Waals surface area (Å²) < 4.78 is 5.71. The summed E-state index contributed by atoms with van der Waals surface area (Å²) >= 11 is 0. The third-order valence-corrected chi connectivity index (χ3v) is 4.26. The van der Waals surface area contributed by atoms with Gasteiger partial charge < -0.3 is 10.5 Å². The van der Waals surface area contributed by atoms with Gasteiger partial charge in [0.05, 0.1) is 6.61 Å². The lowest BCUT2D eigenvalue weighted by molar-refractivity contribution is 0.105. The first kappa shape index (κ1) is 14.2. The van der Waals surface area contributed by atoms with Crippen molar-refractivity contribution in [1.29, 1.82) is 0 Å². The number of piperidine rings is 1. The van der Waals surface area contributed by atoms with Crippen LogP contribution in [0.15, 0.2) is 18.2 Å². The maximum Gasteiger partial charge on any atom is 0.123 e. The van der Waals surface area contributed by atoms with Gasteiger partial charge in [0.2, 0.25) is 0 Å². The van der Waals surface area contributed by atoms with Crippen molar-refractivity contribution in [3.8, 4) is 5.75 Å². The van der Waals surface area contributed by atoms with Gasteiger partial charge >= 0.3 is 0 Å².